The van der Waals surface area contributed by atoms with Gasteiger partial charge in [-0.25, -0.2) is 4.68 Å². The molecule has 6 nitrogen and oxygen atoms in total. The molecule has 0 saturated heterocycles. The number of hydrogen-bond acceptors (Lipinski definition) is 5. The maximum Gasteiger partial charge on any atom is 0.146 e. The molecule has 1 aliphatic carbocycles. The lowest BCUT2D eigenvalue weighted by molar-refractivity contribution is 0.301. The second kappa shape index (κ2) is 2.90. The van der Waals surface area contributed by atoms with Crippen molar-refractivity contribution in [2.75, 3.05) is 5.73 Å². The van der Waals surface area contributed by atoms with E-state index in [0.29, 0.717) is 12.4 Å². The molecule has 1 spiro atoms. The van der Waals surface area contributed by atoms with E-state index in [9.17, 15) is 0 Å². The molecule has 4 N–H and O–H groups in total. The fourth-order valence-corrected chi connectivity index (χ4v) is 2.87. The average Bonchev–Trinajstić information content (AvgIpc) is 2.79. The molecule has 1 aromatic carbocycles. The van der Waals surface area contributed by atoms with Gasteiger partial charge in [0.1, 0.15) is 17.1 Å². The molecule has 2 aromatic rings. The molecule has 1 aliphatic heterocycles. The summed E-state index contributed by atoms with van der Waals surface area (Å²) in [5, 5.41) is 7.93. The Morgan fingerprint density at radius 3 is 3.06 bits per heavy atom. The Balaban J connectivity index is 1.87. The van der Waals surface area contributed by atoms with Crippen LogP contribution in [0.3, 0.4) is 0 Å². The first-order valence-electron chi connectivity index (χ1n) is 5.81. The highest BCUT2D eigenvalue weighted by molar-refractivity contribution is 5.96. The third kappa shape index (κ3) is 1.04. The minimum absolute atomic E-state index is 0.296. The fourth-order valence-electron chi connectivity index (χ4n) is 2.87. The van der Waals surface area contributed by atoms with Crippen molar-refractivity contribution >= 4 is 11.5 Å². The van der Waals surface area contributed by atoms with E-state index in [0.717, 1.165) is 23.4 Å². The summed E-state index contributed by atoms with van der Waals surface area (Å²) >= 11 is 0. The Labute approximate surface area is 103 Å². The normalized spacial score (nSPS) is 24.1. The smallest absolute Gasteiger partial charge is 0.146 e. The second-order valence-corrected chi connectivity index (χ2v) is 4.90. The van der Waals surface area contributed by atoms with Crippen molar-refractivity contribution in [3.05, 3.63) is 41.2 Å². The van der Waals surface area contributed by atoms with Crippen LogP contribution in [0.5, 0.6) is 0 Å². The van der Waals surface area contributed by atoms with E-state index in [4.69, 9.17) is 11.5 Å². The Bertz CT molecular complexity index is 686. The summed E-state index contributed by atoms with van der Waals surface area (Å²) in [7, 11) is 0. The van der Waals surface area contributed by atoms with E-state index in [-0.39, 0.29) is 5.54 Å². The van der Waals surface area contributed by atoms with E-state index >= 15 is 0 Å². The van der Waals surface area contributed by atoms with Crippen molar-refractivity contribution in [2.45, 2.75) is 18.5 Å². The van der Waals surface area contributed by atoms with Crippen molar-refractivity contribution in [3.63, 3.8) is 0 Å². The first-order valence-corrected chi connectivity index (χ1v) is 5.81. The molecule has 0 fully saturated rings. The number of nitrogen functional groups attached to an aromatic ring is 1. The van der Waals surface area contributed by atoms with E-state index in [2.05, 4.69) is 21.4 Å². The summed E-state index contributed by atoms with van der Waals surface area (Å²) in [4.78, 5) is 4.65. The largest absolute Gasteiger partial charge is 0.399 e. The second-order valence-electron chi connectivity index (χ2n) is 4.90. The topological polar surface area (TPSA) is 95.1 Å². The number of benzene rings is 1. The molecular weight excluding hydrogens is 228 g/mol. The van der Waals surface area contributed by atoms with E-state index in [1.54, 1.807) is 6.20 Å². The molecule has 90 valence electrons. The lowest BCUT2D eigenvalue weighted by Crippen LogP contribution is -2.46. The highest BCUT2D eigenvalue weighted by Gasteiger charge is 2.46. The Morgan fingerprint density at radius 2 is 2.17 bits per heavy atom. The third-order valence-electron chi connectivity index (χ3n) is 3.74. The summed E-state index contributed by atoms with van der Waals surface area (Å²) in [5.41, 5.74) is 15.5. The first kappa shape index (κ1) is 9.64. The molecule has 4 rings (SSSR count). The summed E-state index contributed by atoms with van der Waals surface area (Å²) < 4.78 is 1.81. The van der Waals surface area contributed by atoms with Gasteiger partial charge in [-0.2, -0.15) is 0 Å². The summed E-state index contributed by atoms with van der Waals surface area (Å²) in [5.74, 6) is 0.499. The van der Waals surface area contributed by atoms with Crippen LogP contribution in [0.2, 0.25) is 0 Å². The number of anilines is 1. The zero-order valence-electron chi connectivity index (χ0n) is 9.67. The molecule has 0 unspecified atom stereocenters. The minimum Gasteiger partial charge on any atom is -0.399 e. The highest BCUT2D eigenvalue weighted by Crippen LogP contribution is 2.46. The average molecular weight is 240 g/mol. The van der Waals surface area contributed by atoms with Crippen LogP contribution in [0.25, 0.3) is 0 Å². The predicted octanol–water partition coefficient (Wildman–Crippen LogP) is 0.0308. The van der Waals surface area contributed by atoms with Crippen LogP contribution in [-0.2, 0) is 18.5 Å². The van der Waals surface area contributed by atoms with Gasteiger partial charge in [-0.3, -0.25) is 4.99 Å². The van der Waals surface area contributed by atoms with Gasteiger partial charge in [0, 0.05) is 12.1 Å². The SMILES string of the molecule is NC1=N[C@@]2(Cc3ccc(N)cc32)Cn2nncc21. The molecule has 0 radical (unpaired) electrons. The number of aromatic nitrogens is 3. The summed E-state index contributed by atoms with van der Waals surface area (Å²) in [6.07, 6.45) is 2.52. The van der Waals surface area contributed by atoms with Gasteiger partial charge in [0.25, 0.3) is 0 Å². The van der Waals surface area contributed by atoms with Gasteiger partial charge < -0.3 is 11.5 Å². The number of aliphatic imine (C=N–C) groups is 1. The lowest BCUT2D eigenvalue weighted by atomic mass is 9.70. The van der Waals surface area contributed by atoms with Crippen LogP contribution in [0, 0.1) is 0 Å². The zero-order valence-corrected chi connectivity index (χ0v) is 9.67. The Kier molecular flexibility index (Phi) is 1.55. The van der Waals surface area contributed by atoms with Crippen molar-refractivity contribution < 1.29 is 0 Å². The van der Waals surface area contributed by atoms with Crippen LogP contribution in [-0.4, -0.2) is 20.8 Å². The van der Waals surface area contributed by atoms with Gasteiger partial charge >= 0.3 is 0 Å². The number of hydrogen-bond donors (Lipinski definition) is 2. The van der Waals surface area contributed by atoms with Crippen LogP contribution >= 0.6 is 0 Å². The van der Waals surface area contributed by atoms with Gasteiger partial charge in [-0.05, 0) is 23.3 Å². The van der Waals surface area contributed by atoms with E-state index in [1.807, 2.05) is 16.8 Å². The molecule has 2 aliphatic rings. The van der Waals surface area contributed by atoms with Gasteiger partial charge in [0.05, 0.1) is 12.7 Å². The number of rotatable bonds is 0. The van der Waals surface area contributed by atoms with Gasteiger partial charge in [-0.1, -0.05) is 11.3 Å². The molecule has 1 aromatic heterocycles. The standard InChI is InChI=1S/C12H12N6/c13-8-2-1-7-4-12(9(7)3-8)6-18-10(5-15-17-18)11(14)16-12/h1-3,5H,4,6,13H2,(H2,14,16)/t12-/m0/s1. The number of fused-ring (bicyclic) bond motifs is 3. The molecule has 2 heterocycles. The van der Waals surface area contributed by atoms with Crippen LogP contribution < -0.4 is 11.5 Å². The maximum absolute atomic E-state index is 5.99. The number of nitrogens with two attached hydrogens (primary N) is 2. The number of nitrogens with zero attached hydrogens (tertiary/aromatic N) is 4. The Hall–Kier alpha value is -2.37. The van der Waals surface area contributed by atoms with Crippen molar-refractivity contribution in [1.29, 1.82) is 0 Å². The summed E-state index contributed by atoms with van der Waals surface area (Å²) in [6, 6.07) is 5.96. The summed E-state index contributed by atoms with van der Waals surface area (Å²) in [6.45, 7) is 0.680. The molecule has 18 heavy (non-hydrogen) atoms. The Morgan fingerprint density at radius 1 is 1.28 bits per heavy atom. The van der Waals surface area contributed by atoms with Crippen LogP contribution in [0.15, 0.2) is 29.4 Å². The van der Waals surface area contributed by atoms with Crippen molar-refractivity contribution in [3.8, 4) is 0 Å². The van der Waals surface area contributed by atoms with Crippen molar-refractivity contribution in [2.24, 2.45) is 10.7 Å². The minimum atomic E-state index is -0.296. The lowest BCUT2D eigenvalue weighted by Gasteiger charge is -2.43. The molecule has 6 heteroatoms. The van der Waals surface area contributed by atoms with E-state index < -0.39 is 0 Å². The fraction of sp³-hybridized carbons (Fsp3) is 0.250. The van der Waals surface area contributed by atoms with Crippen molar-refractivity contribution in [1.82, 2.24) is 15.0 Å². The van der Waals surface area contributed by atoms with Gasteiger partial charge in [-0.15, -0.1) is 5.10 Å². The first-order chi connectivity index (χ1) is 8.68. The maximum atomic E-state index is 5.99. The highest BCUT2D eigenvalue weighted by atomic mass is 15.4. The monoisotopic (exact) mass is 240 g/mol. The van der Waals surface area contributed by atoms with Crippen LogP contribution in [0.4, 0.5) is 5.69 Å². The van der Waals surface area contributed by atoms with Gasteiger partial charge in [0.15, 0.2) is 0 Å². The van der Waals surface area contributed by atoms with E-state index in [1.165, 1.54) is 5.56 Å². The molecule has 0 bridgehead atoms. The zero-order chi connectivity index (χ0) is 12.3. The number of amidine groups is 1. The van der Waals surface area contributed by atoms with Crippen LogP contribution in [0.1, 0.15) is 16.8 Å². The molecule has 0 saturated carbocycles. The molecule has 1 atom stereocenters. The quantitative estimate of drug-likeness (QED) is 0.635. The van der Waals surface area contributed by atoms with Gasteiger partial charge in [0.2, 0.25) is 0 Å². The predicted molar refractivity (Wildman–Crippen MR) is 67.0 cm³/mol. The molecule has 0 amide bonds. The third-order valence-corrected chi connectivity index (χ3v) is 3.74. The molecular formula is C12H12N6.